The average Bonchev–Trinajstić information content (AvgIpc) is 2.70. The highest BCUT2D eigenvalue weighted by Crippen LogP contribution is 2.19. The first kappa shape index (κ1) is 18.1. The van der Waals surface area contributed by atoms with Crippen molar-refractivity contribution in [3.8, 4) is 22.5 Å². The monoisotopic (exact) mass is 378 g/mol. The molecule has 0 aliphatic heterocycles. The highest BCUT2D eigenvalue weighted by atomic mass is 35.5. The van der Waals surface area contributed by atoms with Gasteiger partial charge in [0.15, 0.2) is 0 Å². The van der Waals surface area contributed by atoms with E-state index < -0.39 is 0 Å². The van der Waals surface area contributed by atoms with Crippen LogP contribution in [0, 0.1) is 0 Å². The van der Waals surface area contributed by atoms with Gasteiger partial charge in [0.1, 0.15) is 5.15 Å². The lowest BCUT2D eigenvalue weighted by molar-refractivity contribution is 1.33. The van der Waals surface area contributed by atoms with Crippen molar-refractivity contribution >= 4 is 23.2 Å². The fourth-order valence-electron chi connectivity index (χ4n) is 2.35. The summed E-state index contributed by atoms with van der Waals surface area (Å²) in [7, 11) is 0. The molecule has 4 aromatic rings. The molecule has 0 atom stereocenters. The van der Waals surface area contributed by atoms with Crippen molar-refractivity contribution in [3.63, 3.8) is 0 Å². The Morgan fingerprint density at radius 2 is 1.19 bits per heavy atom. The van der Waals surface area contributed by atoms with E-state index in [4.69, 9.17) is 23.2 Å². The van der Waals surface area contributed by atoms with Crippen molar-refractivity contribution in [1.29, 1.82) is 0 Å². The van der Waals surface area contributed by atoms with Gasteiger partial charge in [0, 0.05) is 22.3 Å². The van der Waals surface area contributed by atoms with Crippen LogP contribution in [0.3, 0.4) is 0 Å². The molecule has 2 aromatic heterocycles. The smallest absolute Gasteiger partial charge is 0.129 e. The second-order valence-corrected chi connectivity index (χ2v) is 6.26. The molecule has 0 bridgehead atoms. The summed E-state index contributed by atoms with van der Waals surface area (Å²) < 4.78 is 0. The second-order valence-electron chi connectivity index (χ2n) is 5.44. The summed E-state index contributed by atoms with van der Waals surface area (Å²) in [5, 5.41) is 1.25. The van der Waals surface area contributed by atoms with Crippen LogP contribution in [-0.4, -0.2) is 9.97 Å². The van der Waals surface area contributed by atoms with Crippen molar-refractivity contribution in [3.05, 3.63) is 107 Å². The number of pyridine rings is 2. The molecule has 4 heteroatoms. The van der Waals surface area contributed by atoms with E-state index in [1.807, 2.05) is 78.9 Å². The molecule has 0 N–H and O–H groups in total. The Morgan fingerprint density at radius 3 is 1.77 bits per heavy atom. The molecule has 2 heterocycles. The van der Waals surface area contributed by atoms with Gasteiger partial charge in [-0.05, 0) is 24.3 Å². The molecular formula is C22H16Cl2N2. The minimum atomic E-state index is 0.529. The second kappa shape index (κ2) is 9.14. The fraction of sp³-hybridized carbons (Fsp3) is 0. The summed E-state index contributed by atoms with van der Waals surface area (Å²) >= 11 is 11.6. The number of aromatic nitrogens is 2. The standard InChI is InChI=1S/2C11H8ClN/c12-11-8-4-7-10(13-11)9-5-2-1-3-6-9;12-10-6-7-13-11(8-10)9-4-2-1-3-5-9/h2*1-8H. The van der Waals surface area contributed by atoms with E-state index in [-0.39, 0.29) is 0 Å². The summed E-state index contributed by atoms with van der Waals surface area (Å²) in [6.45, 7) is 0. The van der Waals surface area contributed by atoms with Gasteiger partial charge in [-0.15, -0.1) is 0 Å². The minimum Gasteiger partial charge on any atom is -0.256 e. The van der Waals surface area contributed by atoms with Gasteiger partial charge in [0.2, 0.25) is 0 Å². The first-order valence-electron chi connectivity index (χ1n) is 8.07. The van der Waals surface area contributed by atoms with Crippen LogP contribution in [-0.2, 0) is 0 Å². The van der Waals surface area contributed by atoms with Crippen LogP contribution < -0.4 is 0 Å². The van der Waals surface area contributed by atoms with Gasteiger partial charge < -0.3 is 0 Å². The van der Waals surface area contributed by atoms with Crippen molar-refractivity contribution < 1.29 is 0 Å². The zero-order chi connectivity index (χ0) is 18.2. The lowest BCUT2D eigenvalue weighted by atomic mass is 10.1. The molecule has 0 aliphatic carbocycles. The number of rotatable bonds is 2. The van der Waals surface area contributed by atoms with E-state index >= 15 is 0 Å². The van der Waals surface area contributed by atoms with Gasteiger partial charge in [-0.2, -0.15) is 0 Å². The fourth-order valence-corrected chi connectivity index (χ4v) is 2.67. The number of hydrogen-bond donors (Lipinski definition) is 0. The van der Waals surface area contributed by atoms with Gasteiger partial charge in [0.05, 0.1) is 11.4 Å². The zero-order valence-electron chi connectivity index (χ0n) is 13.9. The van der Waals surface area contributed by atoms with Gasteiger partial charge in [-0.25, -0.2) is 4.98 Å². The summed E-state index contributed by atoms with van der Waals surface area (Å²) in [6.07, 6.45) is 1.71. The lowest BCUT2D eigenvalue weighted by Crippen LogP contribution is -1.81. The van der Waals surface area contributed by atoms with Crippen molar-refractivity contribution in [2.24, 2.45) is 0 Å². The van der Waals surface area contributed by atoms with Crippen molar-refractivity contribution in [1.82, 2.24) is 9.97 Å². The average molecular weight is 379 g/mol. The number of halogens is 2. The van der Waals surface area contributed by atoms with Crippen molar-refractivity contribution in [2.75, 3.05) is 0 Å². The molecule has 0 aliphatic rings. The largest absolute Gasteiger partial charge is 0.256 e. The predicted molar refractivity (Wildman–Crippen MR) is 109 cm³/mol. The van der Waals surface area contributed by atoms with Crippen LogP contribution in [0.1, 0.15) is 0 Å². The van der Waals surface area contributed by atoms with Crippen LogP contribution >= 0.6 is 23.2 Å². The third-order valence-electron chi connectivity index (χ3n) is 3.58. The summed E-state index contributed by atoms with van der Waals surface area (Å²) in [4.78, 5) is 8.43. The molecule has 2 nitrogen and oxygen atoms in total. The van der Waals surface area contributed by atoms with E-state index in [1.54, 1.807) is 18.3 Å². The van der Waals surface area contributed by atoms with Crippen LogP contribution in [0.5, 0.6) is 0 Å². The zero-order valence-corrected chi connectivity index (χ0v) is 15.4. The van der Waals surface area contributed by atoms with Gasteiger partial charge in [0.25, 0.3) is 0 Å². The van der Waals surface area contributed by atoms with Gasteiger partial charge in [-0.3, -0.25) is 4.98 Å². The Labute approximate surface area is 163 Å². The highest BCUT2D eigenvalue weighted by Gasteiger charge is 1.98. The van der Waals surface area contributed by atoms with Gasteiger partial charge in [-0.1, -0.05) is 89.9 Å². The Balaban J connectivity index is 0.000000151. The maximum absolute atomic E-state index is 5.85. The third kappa shape index (κ3) is 5.16. The summed E-state index contributed by atoms with van der Waals surface area (Å²) in [5.74, 6) is 0. The van der Waals surface area contributed by atoms with E-state index in [1.165, 1.54) is 0 Å². The van der Waals surface area contributed by atoms with E-state index in [0.29, 0.717) is 10.2 Å². The number of hydrogen-bond acceptors (Lipinski definition) is 2. The Bertz CT molecular complexity index is 877. The maximum atomic E-state index is 5.85. The molecule has 0 saturated carbocycles. The number of benzene rings is 2. The molecule has 26 heavy (non-hydrogen) atoms. The Kier molecular flexibility index (Phi) is 6.37. The quantitative estimate of drug-likeness (QED) is 0.358. The molecule has 4 rings (SSSR count). The number of nitrogens with zero attached hydrogens (tertiary/aromatic N) is 2. The topological polar surface area (TPSA) is 25.8 Å². The molecule has 2 aromatic carbocycles. The molecular weight excluding hydrogens is 363 g/mol. The molecule has 0 saturated heterocycles. The predicted octanol–water partition coefficient (Wildman–Crippen LogP) is 6.80. The SMILES string of the molecule is Clc1cccc(-c2ccccc2)n1.Clc1ccnc(-c2ccccc2)c1. The minimum absolute atomic E-state index is 0.529. The van der Waals surface area contributed by atoms with E-state index in [9.17, 15) is 0 Å². The maximum Gasteiger partial charge on any atom is 0.129 e. The molecule has 0 spiro atoms. The Hall–Kier alpha value is -2.68. The molecule has 0 fully saturated rings. The van der Waals surface area contributed by atoms with Crippen LogP contribution in [0.15, 0.2) is 97.2 Å². The summed E-state index contributed by atoms with van der Waals surface area (Å²) in [5.41, 5.74) is 4.00. The highest BCUT2D eigenvalue weighted by molar-refractivity contribution is 6.30. The van der Waals surface area contributed by atoms with Crippen LogP contribution in [0.2, 0.25) is 10.2 Å². The van der Waals surface area contributed by atoms with E-state index in [2.05, 4.69) is 9.97 Å². The van der Waals surface area contributed by atoms with Gasteiger partial charge >= 0.3 is 0 Å². The summed E-state index contributed by atoms with van der Waals surface area (Å²) in [6, 6.07) is 29.2. The molecule has 128 valence electrons. The Morgan fingerprint density at radius 1 is 0.577 bits per heavy atom. The molecule has 0 unspecified atom stereocenters. The van der Waals surface area contributed by atoms with Crippen molar-refractivity contribution in [2.45, 2.75) is 0 Å². The molecule has 0 radical (unpaired) electrons. The first-order chi connectivity index (χ1) is 12.7. The lowest BCUT2D eigenvalue weighted by Gasteiger charge is -1.99. The first-order valence-corrected chi connectivity index (χ1v) is 8.83. The normalized spacial score (nSPS) is 9.92. The van der Waals surface area contributed by atoms with Crippen LogP contribution in [0.4, 0.5) is 0 Å². The molecule has 0 amide bonds. The van der Waals surface area contributed by atoms with E-state index in [0.717, 1.165) is 22.5 Å². The third-order valence-corrected chi connectivity index (χ3v) is 4.02. The van der Waals surface area contributed by atoms with Crippen LogP contribution in [0.25, 0.3) is 22.5 Å².